The first kappa shape index (κ1) is 39.3. The molecule has 2 aliphatic carbocycles. The summed E-state index contributed by atoms with van der Waals surface area (Å²) >= 11 is 0. The monoisotopic (exact) mass is 695 g/mol. The van der Waals surface area contributed by atoms with E-state index in [9.17, 15) is 28.8 Å². The predicted molar refractivity (Wildman–Crippen MR) is 193 cm³/mol. The molecule has 2 aliphatic heterocycles. The zero-order valence-corrected chi connectivity index (χ0v) is 30.6. The van der Waals surface area contributed by atoms with Crippen LogP contribution in [0.15, 0.2) is 24.8 Å². The average molecular weight is 696 g/mol. The summed E-state index contributed by atoms with van der Waals surface area (Å²) in [7, 11) is 0. The molecular formula is C39H61N5O6. The Morgan fingerprint density at radius 2 is 1.52 bits per heavy atom. The minimum Gasteiger partial charge on any atom is -0.346 e. The van der Waals surface area contributed by atoms with Crippen molar-refractivity contribution < 1.29 is 28.8 Å². The Morgan fingerprint density at radius 1 is 0.900 bits per heavy atom. The summed E-state index contributed by atoms with van der Waals surface area (Å²) in [6, 6.07) is -4.02. The van der Waals surface area contributed by atoms with Gasteiger partial charge >= 0.3 is 6.03 Å². The van der Waals surface area contributed by atoms with Gasteiger partial charge in [-0.15, -0.1) is 6.58 Å². The molecule has 0 spiro atoms. The lowest BCUT2D eigenvalue weighted by molar-refractivity contribution is -0.143. The van der Waals surface area contributed by atoms with Crippen molar-refractivity contribution in [2.24, 2.45) is 29.6 Å². The predicted octanol–water partition coefficient (Wildman–Crippen LogP) is 4.75. The van der Waals surface area contributed by atoms with E-state index in [0.717, 1.165) is 76.2 Å². The van der Waals surface area contributed by atoms with Crippen LogP contribution in [0.5, 0.6) is 0 Å². The van der Waals surface area contributed by atoms with Gasteiger partial charge in [0.05, 0.1) is 12.1 Å². The smallest absolute Gasteiger partial charge is 0.316 e. The maximum absolute atomic E-state index is 14.6. The molecule has 0 aromatic heterocycles. The molecule has 4 fully saturated rings. The highest BCUT2D eigenvalue weighted by atomic mass is 16.2. The lowest BCUT2D eigenvalue weighted by Gasteiger charge is -2.35. The van der Waals surface area contributed by atoms with E-state index in [2.05, 4.69) is 34.4 Å². The van der Waals surface area contributed by atoms with E-state index in [0.29, 0.717) is 25.7 Å². The molecule has 0 aromatic rings. The van der Waals surface area contributed by atoms with Crippen LogP contribution in [-0.4, -0.2) is 77.5 Å². The number of ketones is 2. The number of hydrogen-bond donors (Lipinski definition) is 4. The topological polar surface area (TPSA) is 154 Å². The van der Waals surface area contributed by atoms with Gasteiger partial charge in [0.2, 0.25) is 17.6 Å². The molecule has 4 N–H and O–H groups in total. The van der Waals surface area contributed by atoms with Gasteiger partial charge in [-0.1, -0.05) is 90.4 Å². The van der Waals surface area contributed by atoms with Gasteiger partial charge in [-0.3, -0.25) is 24.0 Å². The first-order valence-corrected chi connectivity index (χ1v) is 19.3. The third-order valence-electron chi connectivity index (χ3n) is 11.4. The third kappa shape index (κ3) is 10.3. The molecule has 11 nitrogen and oxygen atoms in total. The SMILES string of the molecule is C=CCNC(=O)C(=O)[C@@H]1CCCCCCCC(C)[C@H](NC(=O)N[C@H](C(=O)C2CC2)C2CCCCC2)C(=O)N2CC[C@H](C(=C)C(C)C)[C@H]2C(=O)N1. The summed E-state index contributed by atoms with van der Waals surface area (Å²) in [4.78, 5) is 83.6. The van der Waals surface area contributed by atoms with Crippen molar-refractivity contribution in [3.63, 3.8) is 0 Å². The third-order valence-corrected chi connectivity index (χ3v) is 11.4. The second-order valence-electron chi connectivity index (χ2n) is 15.5. The van der Waals surface area contributed by atoms with Crippen LogP contribution in [0.4, 0.5) is 4.79 Å². The van der Waals surface area contributed by atoms with E-state index >= 15 is 0 Å². The summed E-state index contributed by atoms with van der Waals surface area (Å²) in [5, 5.41) is 11.4. The number of nitrogens with one attached hydrogen (secondary N) is 4. The van der Waals surface area contributed by atoms with Gasteiger partial charge in [-0.2, -0.15) is 0 Å². The molecule has 50 heavy (non-hydrogen) atoms. The fraction of sp³-hybridized carbons (Fsp3) is 0.744. The molecule has 0 aromatic carbocycles. The first-order chi connectivity index (χ1) is 23.9. The summed E-state index contributed by atoms with van der Waals surface area (Å²) < 4.78 is 0. The van der Waals surface area contributed by atoms with Crippen molar-refractivity contribution in [3.8, 4) is 0 Å². The van der Waals surface area contributed by atoms with E-state index in [1.165, 1.54) is 6.08 Å². The van der Waals surface area contributed by atoms with Gasteiger partial charge in [-0.05, 0) is 62.7 Å². The van der Waals surface area contributed by atoms with Gasteiger partial charge in [-0.25, -0.2) is 4.79 Å². The molecule has 2 saturated heterocycles. The fourth-order valence-electron chi connectivity index (χ4n) is 8.09. The lowest BCUT2D eigenvalue weighted by atomic mass is 9.81. The number of urea groups is 1. The number of rotatable bonds is 11. The zero-order valence-electron chi connectivity index (χ0n) is 30.6. The average Bonchev–Trinajstić information content (AvgIpc) is 3.87. The van der Waals surface area contributed by atoms with Crippen LogP contribution >= 0.6 is 0 Å². The summed E-state index contributed by atoms with van der Waals surface area (Å²) in [5.41, 5.74) is 0.828. The molecule has 0 radical (unpaired) electrons. The Kier molecular flexibility index (Phi) is 14.7. The largest absolute Gasteiger partial charge is 0.346 e. The molecule has 2 saturated carbocycles. The minimum atomic E-state index is -1.04. The molecule has 0 bridgehead atoms. The molecule has 6 atom stereocenters. The van der Waals surface area contributed by atoms with Crippen molar-refractivity contribution in [2.45, 2.75) is 141 Å². The molecule has 1 unspecified atom stereocenters. The molecular weight excluding hydrogens is 634 g/mol. The Bertz CT molecular complexity index is 1270. The minimum absolute atomic E-state index is 0.000139. The number of nitrogens with zero attached hydrogens (tertiary/aromatic N) is 1. The summed E-state index contributed by atoms with van der Waals surface area (Å²) in [5.74, 6) is -2.74. The van der Waals surface area contributed by atoms with Crippen LogP contribution in [0.3, 0.4) is 0 Å². The zero-order chi connectivity index (χ0) is 36.4. The van der Waals surface area contributed by atoms with Crippen LogP contribution in [0.2, 0.25) is 0 Å². The fourth-order valence-corrected chi connectivity index (χ4v) is 8.09. The summed E-state index contributed by atoms with van der Waals surface area (Å²) in [6.45, 7) is 14.2. The Hall–Kier alpha value is -3.50. The van der Waals surface area contributed by atoms with E-state index in [1.807, 2.05) is 20.8 Å². The Morgan fingerprint density at radius 3 is 2.16 bits per heavy atom. The second-order valence-corrected chi connectivity index (χ2v) is 15.5. The molecule has 4 rings (SSSR count). The quantitative estimate of drug-likeness (QED) is 0.181. The standard InChI is InChI=1S/C39H61N5O6/c1-6-22-40-37(48)35(46)30-18-14-9-7-8-11-15-25(4)31(38(49)44-23-21-29(26(5)24(2)3)33(44)36(47)41-30)42-39(50)43-32(34(45)28-19-20-28)27-16-12-10-13-17-27/h6,24-25,27-33H,1,5,7-23H2,2-4H3,(H,40,48)(H,41,47)(H2,42,43,50)/t25?,29-,30+,31+,32+,33+/m1/s1. The van der Waals surface area contributed by atoms with Crippen LogP contribution in [0.1, 0.15) is 117 Å². The van der Waals surface area contributed by atoms with Gasteiger partial charge in [0.25, 0.3) is 5.91 Å². The Balaban J connectivity index is 1.62. The first-order valence-electron chi connectivity index (χ1n) is 19.3. The number of fused-ring (bicyclic) bond motifs is 1. The molecule has 5 amide bonds. The van der Waals surface area contributed by atoms with Crippen molar-refractivity contribution >= 4 is 35.3 Å². The van der Waals surface area contributed by atoms with Crippen molar-refractivity contribution in [3.05, 3.63) is 24.8 Å². The van der Waals surface area contributed by atoms with Gasteiger partial charge in [0, 0.05) is 24.9 Å². The van der Waals surface area contributed by atoms with Crippen LogP contribution in [-0.2, 0) is 24.0 Å². The lowest BCUT2D eigenvalue weighted by Crippen LogP contribution is -2.60. The van der Waals surface area contributed by atoms with E-state index in [-0.39, 0.29) is 54.4 Å². The van der Waals surface area contributed by atoms with Crippen LogP contribution in [0.25, 0.3) is 0 Å². The number of carbonyl (C=O) groups is 6. The summed E-state index contributed by atoms with van der Waals surface area (Å²) in [6.07, 6.45) is 13.8. The highest BCUT2D eigenvalue weighted by Crippen LogP contribution is 2.37. The number of hydrogen-bond acceptors (Lipinski definition) is 6. The van der Waals surface area contributed by atoms with E-state index < -0.39 is 47.8 Å². The van der Waals surface area contributed by atoms with Gasteiger partial charge in [0.1, 0.15) is 12.1 Å². The van der Waals surface area contributed by atoms with Crippen molar-refractivity contribution in [2.75, 3.05) is 13.1 Å². The van der Waals surface area contributed by atoms with Crippen LogP contribution < -0.4 is 21.3 Å². The molecule has 2 heterocycles. The second kappa shape index (κ2) is 18.7. The highest BCUT2D eigenvalue weighted by Gasteiger charge is 2.47. The van der Waals surface area contributed by atoms with Crippen molar-refractivity contribution in [1.29, 1.82) is 0 Å². The Labute approximate surface area is 298 Å². The molecule has 11 heteroatoms. The maximum atomic E-state index is 14.6. The van der Waals surface area contributed by atoms with Gasteiger partial charge in [0.15, 0.2) is 5.78 Å². The van der Waals surface area contributed by atoms with Crippen LogP contribution in [0, 0.1) is 29.6 Å². The molecule has 278 valence electrons. The normalized spacial score (nSPS) is 27.9. The van der Waals surface area contributed by atoms with E-state index in [4.69, 9.17) is 0 Å². The number of amides is 5. The van der Waals surface area contributed by atoms with E-state index in [1.54, 1.807) is 4.90 Å². The highest BCUT2D eigenvalue weighted by molar-refractivity contribution is 6.38. The van der Waals surface area contributed by atoms with Gasteiger partial charge < -0.3 is 26.2 Å². The number of Topliss-reactive ketones (excluding diaryl/α,β-unsaturated/α-hetero) is 2. The maximum Gasteiger partial charge on any atom is 0.316 e. The number of carbonyl (C=O) groups excluding carboxylic acids is 6. The molecule has 4 aliphatic rings. The van der Waals surface area contributed by atoms with Crippen molar-refractivity contribution in [1.82, 2.24) is 26.2 Å².